The Hall–Kier alpha value is -1.83. The fourth-order valence-electron chi connectivity index (χ4n) is 3.55. The van der Waals surface area contributed by atoms with Gasteiger partial charge in [-0.25, -0.2) is 0 Å². The van der Waals surface area contributed by atoms with Gasteiger partial charge in [-0.15, -0.1) is 0 Å². The number of hydrogen-bond acceptors (Lipinski definition) is 5. The van der Waals surface area contributed by atoms with Crippen molar-refractivity contribution in [2.45, 2.75) is 33.8 Å². The van der Waals surface area contributed by atoms with Crippen molar-refractivity contribution in [1.82, 2.24) is 9.80 Å². The van der Waals surface area contributed by atoms with Gasteiger partial charge in [0.15, 0.2) is 5.75 Å². The molecule has 0 radical (unpaired) electrons. The van der Waals surface area contributed by atoms with Gasteiger partial charge >= 0.3 is 0 Å². The average molecular weight is 496 g/mol. The molecule has 0 saturated carbocycles. The van der Waals surface area contributed by atoms with E-state index in [-0.39, 0.29) is 12.5 Å². The summed E-state index contributed by atoms with van der Waals surface area (Å²) in [7, 11) is 0. The number of nitrogens with zero attached hydrogens (tertiary/aromatic N) is 2. The number of aliphatic hydroxyl groups excluding tert-OH is 1. The molecule has 8 heteroatoms. The molecule has 2 aromatic rings. The minimum atomic E-state index is -0.695. The molecular weight excluding hydrogens is 461 g/mol. The third-order valence-corrected chi connectivity index (χ3v) is 6.14. The maximum atomic E-state index is 12.6. The highest BCUT2D eigenvalue weighted by Crippen LogP contribution is 2.32. The number of carbonyl (C=O) groups is 1. The Kier molecular flexibility index (Phi) is 11.4. The van der Waals surface area contributed by atoms with Crippen molar-refractivity contribution in [3.63, 3.8) is 0 Å². The number of halogens is 2. The Labute approximate surface area is 207 Å². The van der Waals surface area contributed by atoms with Crippen LogP contribution in [-0.2, 0) is 4.79 Å². The van der Waals surface area contributed by atoms with E-state index in [0.29, 0.717) is 35.4 Å². The molecule has 1 unspecified atom stereocenters. The number of rotatable bonds is 13. The lowest BCUT2D eigenvalue weighted by molar-refractivity contribution is -0.117. The number of para-hydroxylation sites is 2. The van der Waals surface area contributed by atoms with E-state index < -0.39 is 6.10 Å². The summed E-state index contributed by atoms with van der Waals surface area (Å²) in [6.45, 7) is 11.9. The first-order chi connectivity index (χ1) is 15.7. The van der Waals surface area contributed by atoms with Gasteiger partial charge in [0.05, 0.1) is 16.6 Å². The second-order valence-electron chi connectivity index (χ2n) is 8.09. The van der Waals surface area contributed by atoms with E-state index in [2.05, 4.69) is 15.1 Å². The summed E-state index contributed by atoms with van der Waals surface area (Å²) >= 11 is 12.2. The lowest BCUT2D eigenvalue weighted by Gasteiger charge is -2.27. The number of nitrogens with one attached hydrogen (secondary N) is 1. The second kappa shape index (κ2) is 13.8. The molecule has 0 aliphatic rings. The lowest BCUT2D eigenvalue weighted by Crippen LogP contribution is -2.42. The molecule has 0 bridgehead atoms. The molecule has 0 aliphatic carbocycles. The summed E-state index contributed by atoms with van der Waals surface area (Å²) in [6, 6.07) is 11.1. The lowest BCUT2D eigenvalue weighted by atomic mass is 10.1. The fraction of sp³-hybridized carbons (Fsp3) is 0.480. The molecule has 2 aromatic carbocycles. The number of anilines is 1. The van der Waals surface area contributed by atoms with Gasteiger partial charge in [0.1, 0.15) is 12.7 Å². The molecule has 182 valence electrons. The summed E-state index contributed by atoms with van der Waals surface area (Å²) in [5, 5.41) is 14.3. The minimum absolute atomic E-state index is 0.0256. The van der Waals surface area contributed by atoms with E-state index in [1.54, 1.807) is 18.2 Å². The first kappa shape index (κ1) is 27.4. The molecule has 1 atom stereocenters. The smallest absolute Gasteiger partial charge is 0.238 e. The van der Waals surface area contributed by atoms with Crippen molar-refractivity contribution in [2.24, 2.45) is 0 Å². The number of ether oxygens (including phenoxy) is 1. The monoisotopic (exact) mass is 495 g/mol. The first-order valence-electron chi connectivity index (χ1n) is 11.3. The van der Waals surface area contributed by atoms with Crippen LogP contribution in [0.2, 0.25) is 10.0 Å². The van der Waals surface area contributed by atoms with Crippen molar-refractivity contribution >= 4 is 34.8 Å². The number of aryl methyl sites for hydroxylation is 2. The molecule has 0 fully saturated rings. The van der Waals surface area contributed by atoms with E-state index in [4.69, 9.17) is 27.9 Å². The zero-order valence-electron chi connectivity index (χ0n) is 19.9. The summed E-state index contributed by atoms with van der Waals surface area (Å²) in [6.07, 6.45) is -0.695. The normalized spacial score (nSPS) is 12.3. The number of aliphatic hydroxyl groups is 1. The minimum Gasteiger partial charge on any atom is -0.488 e. The molecule has 0 aliphatic heterocycles. The Bertz CT molecular complexity index is 870. The molecule has 2 N–H and O–H groups in total. The van der Waals surface area contributed by atoms with Crippen LogP contribution in [0.3, 0.4) is 0 Å². The number of amides is 1. The van der Waals surface area contributed by atoms with Gasteiger partial charge in [0, 0.05) is 25.3 Å². The van der Waals surface area contributed by atoms with Crippen LogP contribution in [-0.4, -0.2) is 72.8 Å². The van der Waals surface area contributed by atoms with Gasteiger partial charge < -0.3 is 15.2 Å². The van der Waals surface area contributed by atoms with Crippen LogP contribution in [0.25, 0.3) is 0 Å². The van der Waals surface area contributed by atoms with Crippen LogP contribution in [0.1, 0.15) is 25.0 Å². The highest BCUT2D eigenvalue weighted by atomic mass is 35.5. The van der Waals surface area contributed by atoms with Gasteiger partial charge in [-0.3, -0.25) is 14.6 Å². The molecule has 33 heavy (non-hydrogen) atoms. The van der Waals surface area contributed by atoms with Gasteiger partial charge in [-0.2, -0.15) is 0 Å². The molecule has 2 rings (SSSR count). The van der Waals surface area contributed by atoms with Gasteiger partial charge in [-0.05, 0) is 50.2 Å². The number of benzene rings is 2. The number of hydrogen-bond donors (Lipinski definition) is 2. The molecular formula is C25H35Cl2N3O3. The quantitative estimate of drug-likeness (QED) is 0.423. The zero-order chi connectivity index (χ0) is 24.4. The van der Waals surface area contributed by atoms with Crippen LogP contribution in [0, 0.1) is 13.8 Å². The highest BCUT2D eigenvalue weighted by molar-refractivity contribution is 6.37. The van der Waals surface area contributed by atoms with Crippen molar-refractivity contribution < 1.29 is 14.6 Å². The van der Waals surface area contributed by atoms with Crippen LogP contribution in [0.5, 0.6) is 5.75 Å². The summed E-state index contributed by atoms with van der Waals surface area (Å²) in [5.41, 5.74) is 2.99. The van der Waals surface area contributed by atoms with E-state index in [9.17, 15) is 9.90 Å². The van der Waals surface area contributed by atoms with E-state index in [0.717, 1.165) is 36.4 Å². The number of carbonyl (C=O) groups excluding carboxylic acids is 1. The molecule has 0 saturated heterocycles. The third kappa shape index (κ3) is 8.80. The van der Waals surface area contributed by atoms with Crippen LogP contribution in [0.15, 0.2) is 36.4 Å². The predicted octanol–water partition coefficient (Wildman–Crippen LogP) is 4.63. The van der Waals surface area contributed by atoms with E-state index in [1.165, 1.54) is 0 Å². The van der Waals surface area contributed by atoms with Crippen molar-refractivity contribution in [2.75, 3.05) is 51.2 Å². The number of likely N-dealkylation sites (N-methyl/N-ethyl adjacent to an activating group) is 2. The third-order valence-electron chi connectivity index (χ3n) is 5.55. The molecule has 0 heterocycles. The largest absolute Gasteiger partial charge is 0.488 e. The van der Waals surface area contributed by atoms with Gasteiger partial charge in [-0.1, -0.05) is 61.3 Å². The van der Waals surface area contributed by atoms with Crippen molar-refractivity contribution in [3.05, 3.63) is 57.6 Å². The SMILES string of the molecule is CCN(CCN(CC)CC(O)COc1c(Cl)cccc1Cl)CC(=O)Nc1c(C)cccc1C. The summed E-state index contributed by atoms with van der Waals surface area (Å²) < 4.78 is 5.65. The summed E-state index contributed by atoms with van der Waals surface area (Å²) in [5.74, 6) is 0.359. The van der Waals surface area contributed by atoms with Gasteiger partial charge in [0.2, 0.25) is 5.91 Å². The summed E-state index contributed by atoms with van der Waals surface area (Å²) in [4.78, 5) is 16.8. The van der Waals surface area contributed by atoms with Crippen LogP contribution >= 0.6 is 23.2 Å². The Morgan fingerprint density at radius 2 is 1.55 bits per heavy atom. The second-order valence-corrected chi connectivity index (χ2v) is 8.91. The maximum absolute atomic E-state index is 12.6. The molecule has 0 aromatic heterocycles. The van der Waals surface area contributed by atoms with Crippen LogP contribution < -0.4 is 10.1 Å². The standard InChI is InChI=1S/C25H35Cl2N3O3/c1-5-29(15-20(31)17-33-25-21(26)11-8-12-22(25)27)13-14-30(6-2)16-23(32)28-24-18(3)9-7-10-19(24)4/h7-12,20,31H,5-6,13-17H2,1-4H3,(H,28,32). The van der Waals surface area contributed by atoms with E-state index >= 15 is 0 Å². The van der Waals surface area contributed by atoms with E-state index in [1.807, 2.05) is 45.9 Å². The van der Waals surface area contributed by atoms with Crippen molar-refractivity contribution in [3.8, 4) is 5.75 Å². The fourth-order valence-corrected chi connectivity index (χ4v) is 4.06. The first-order valence-corrected chi connectivity index (χ1v) is 12.1. The highest BCUT2D eigenvalue weighted by Gasteiger charge is 2.16. The Balaban J connectivity index is 1.81. The average Bonchev–Trinajstić information content (AvgIpc) is 2.77. The van der Waals surface area contributed by atoms with Crippen molar-refractivity contribution in [1.29, 1.82) is 0 Å². The zero-order valence-corrected chi connectivity index (χ0v) is 21.4. The molecule has 1 amide bonds. The molecule has 6 nitrogen and oxygen atoms in total. The Morgan fingerprint density at radius 1 is 1.00 bits per heavy atom. The van der Waals surface area contributed by atoms with Gasteiger partial charge in [0.25, 0.3) is 0 Å². The Morgan fingerprint density at radius 3 is 2.12 bits per heavy atom. The molecule has 0 spiro atoms. The topological polar surface area (TPSA) is 65.0 Å². The maximum Gasteiger partial charge on any atom is 0.238 e. The predicted molar refractivity (Wildman–Crippen MR) is 137 cm³/mol. The van der Waals surface area contributed by atoms with Crippen LogP contribution in [0.4, 0.5) is 5.69 Å².